The summed E-state index contributed by atoms with van der Waals surface area (Å²) in [7, 11) is 1.62. The van der Waals surface area contributed by atoms with Crippen LogP contribution in [0.4, 0.5) is 0 Å². The van der Waals surface area contributed by atoms with Crippen molar-refractivity contribution in [1.29, 1.82) is 0 Å². The van der Waals surface area contributed by atoms with Crippen molar-refractivity contribution in [3.63, 3.8) is 0 Å². The lowest BCUT2D eigenvalue weighted by atomic mass is 10.2. The van der Waals surface area contributed by atoms with Gasteiger partial charge in [0.15, 0.2) is 11.0 Å². The molecule has 10 heteroatoms. The third-order valence-corrected chi connectivity index (χ3v) is 6.78. The van der Waals surface area contributed by atoms with Crippen molar-refractivity contribution < 1.29 is 9.53 Å². The van der Waals surface area contributed by atoms with Crippen LogP contribution >= 0.6 is 34.7 Å². The molecule has 0 bridgehead atoms. The smallest absolute Gasteiger partial charge is 0.250 e. The first-order chi connectivity index (χ1) is 16.0. The van der Waals surface area contributed by atoms with Crippen molar-refractivity contribution in [2.24, 2.45) is 5.10 Å². The first kappa shape index (κ1) is 23.0. The third-order valence-electron chi connectivity index (χ3n) is 4.62. The van der Waals surface area contributed by atoms with E-state index in [4.69, 9.17) is 16.3 Å². The Kier molecular flexibility index (Phi) is 7.43. The quantitative estimate of drug-likeness (QED) is 0.203. The molecule has 0 aliphatic rings. The zero-order chi connectivity index (χ0) is 23.2. The molecule has 2 aromatic carbocycles. The van der Waals surface area contributed by atoms with Crippen LogP contribution < -0.4 is 10.2 Å². The standard InChI is InChI=1S/C23H20ClN5O2S2/c1-15(20-4-3-13-32-20)25-26-21(30)14-33-23-28-27-22(16-5-11-19(31-2)12-6-16)29(23)18-9-7-17(24)8-10-18/h3-13H,14H2,1-2H3,(H,26,30)/b25-15+. The van der Waals surface area contributed by atoms with E-state index in [2.05, 4.69) is 20.7 Å². The highest BCUT2D eigenvalue weighted by Gasteiger charge is 2.17. The number of carbonyl (C=O) groups excluding carboxylic acids is 1. The van der Waals surface area contributed by atoms with Crippen LogP contribution in [0.15, 0.2) is 76.3 Å². The highest BCUT2D eigenvalue weighted by atomic mass is 35.5. The van der Waals surface area contributed by atoms with Crippen molar-refractivity contribution in [2.45, 2.75) is 12.1 Å². The van der Waals surface area contributed by atoms with Gasteiger partial charge < -0.3 is 4.74 Å². The maximum atomic E-state index is 12.4. The van der Waals surface area contributed by atoms with E-state index in [0.29, 0.717) is 16.0 Å². The van der Waals surface area contributed by atoms with E-state index in [-0.39, 0.29) is 11.7 Å². The number of hydrogen-bond acceptors (Lipinski definition) is 7. The molecule has 0 atom stereocenters. The van der Waals surface area contributed by atoms with E-state index < -0.39 is 0 Å². The summed E-state index contributed by atoms with van der Waals surface area (Å²) in [6.45, 7) is 1.86. The Balaban J connectivity index is 1.56. The molecule has 1 amide bonds. The van der Waals surface area contributed by atoms with Crippen LogP contribution in [0.2, 0.25) is 5.02 Å². The highest BCUT2D eigenvalue weighted by molar-refractivity contribution is 7.99. The molecular formula is C23H20ClN5O2S2. The Hall–Kier alpha value is -3.14. The van der Waals surface area contributed by atoms with Crippen molar-refractivity contribution >= 4 is 46.3 Å². The number of amides is 1. The lowest BCUT2D eigenvalue weighted by Crippen LogP contribution is -2.21. The summed E-state index contributed by atoms with van der Waals surface area (Å²) < 4.78 is 7.15. The maximum absolute atomic E-state index is 12.4. The van der Waals surface area contributed by atoms with Gasteiger partial charge in [0, 0.05) is 21.2 Å². The van der Waals surface area contributed by atoms with Crippen LogP contribution in [0.1, 0.15) is 11.8 Å². The molecule has 4 aromatic rings. The zero-order valence-corrected chi connectivity index (χ0v) is 20.2. The van der Waals surface area contributed by atoms with E-state index in [1.54, 1.807) is 30.6 Å². The fourth-order valence-corrected chi connectivity index (χ4v) is 4.51. The number of thiophene rings is 1. The van der Waals surface area contributed by atoms with Gasteiger partial charge in [-0.05, 0) is 66.9 Å². The average molecular weight is 498 g/mol. The number of thioether (sulfide) groups is 1. The fraction of sp³-hybridized carbons (Fsp3) is 0.130. The van der Waals surface area contributed by atoms with Crippen LogP contribution in [0.25, 0.3) is 17.1 Å². The van der Waals surface area contributed by atoms with Gasteiger partial charge in [-0.1, -0.05) is 29.4 Å². The minimum Gasteiger partial charge on any atom is -0.497 e. The van der Waals surface area contributed by atoms with Gasteiger partial charge in [-0.3, -0.25) is 9.36 Å². The van der Waals surface area contributed by atoms with Gasteiger partial charge in [0.1, 0.15) is 5.75 Å². The third kappa shape index (κ3) is 5.62. The second-order valence-corrected chi connectivity index (χ2v) is 9.17. The Morgan fingerprint density at radius 3 is 2.58 bits per heavy atom. The largest absolute Gasteiger partial charge is 0.497 e. The van der Waals surface area contributed by atoms with Crippen LogP contribution in [0.3, 0.4) is 0 Å². The molecule has 2 aromatic heterocycles. The fourth-order valence-electron chi connectivity index (χ4n) is 2.96. The first-order valence-corrected chi connectivity index (χ1v) is 12.1. The van der Waals surface area contributed by atoms with Crippen LogP contribution in [0, 0.1) is 0 Å². The van der Waals surface area contributed by atoms with Crippen molar-refractivity contribution in [1.82, 2.24) is 20.2 Å². The highest BCUT2D eigenvalue weighted by Crippen LogP contribution is 2.29. The summed E-state index contributed by atoms with van der Waals surface area (Å²) in [6.07, 6.45) is 0. The number of rotatable bonds is 8. The van der Waals surface area contributed by atoms with Gasteiger partial charge in [-0.15, -0.1) is 21.5 Å². The average Bonchev–Trinajstić information content (AvgIpc) is 3.52. The first-order valence-electron chi connectivity index (χ1n) is 9.90. The lowest BCUT2D eigenvalue weighted by molar-refractivity contribution is -0.118. The Morgan fingerprint density at radius 2 is 1.91 bits per heavy atom. The molecule has 0 saturated heterocycles. The number of halogens is 1. The predicted molar refractivity (Wildman–Crippen MR) is 134 cm³/mol. The maximum Gasteiger partial charge on any atom is 0.250 e. The van der Waals surface area contributed by atoms with E-state index in [1.165, 1.54) is 11.8 Å². The lowest BCUT2D eigenvalue weighted by Gasteiger charge is -2.11. The van der Waals surface area contributed by atoms with Gasteiger partial charge in [-0.25, -0.2) is 5.43 Å². The Bertz CT molecular complexity index is 1250. The number of ether oxygens (including phenoxy) is 1. The molecule has 0 aliphatic carbocycles. The van der Waals surface area contributed by atoms with Crippen molar-refractivity contribution in [3.05, 3.63) is 75.9 Å². The minimum atomic E-state index is -0.229. The summed E-state index contributed by atoms with van der Waals surface area (Å²) in [5.41, 5.74) is 5.07. The van der Waals surface area contributed by atoms with Gasteiger partial charge in [-0.2, -0.15) is 5.10 Å². The van der Waals surface area contributed by atoms with Gasteiger partial charge in [0.05, 0.1) is 18.6 Å². The van der Waals surface area contributed by atoms with E-state index >= 15 is 0 Å². The number of aromatic nitrogens is 3. The number of hydrazone groups is 1. The number of benzene rings is 2. The molecule has 2 heterocycles. The van der Waals surface area contributed by atoms with Crippen LogP contribution in [-0.4, -0.2) is 39.2 Å². The summed E-state index contributed by atoms with van der Waals surface area (Å²) in [6, 6.07) is 18.8. The SMILES string of the molecule is COc1ccc(-c2nnc(SCC(=O)N/N=C(\C)c3cccs3)n2-c2ccc(Cl)cc2)cc1. The monoisotopic (exact) mass is 497 g/mol. The molecule has 33 heavy (non-hydrogen) atoms. The number of nitrogens with one attached hydrogen (secondary N) is 1. The number of methoxy groups -OCH3 is 1. The second-order valence-electron chi connectivity index (χ2n) is 6.84. The molecule has 168 valence electrons. The van der Waals surface area contributed by atoms with Gasteiger partial charge in [0.25, 0.3) is 5.91 Å². The summed E-state index contributed by atoms with van der Waals surface area (Å²) >= 11 is 8.93. The zero-order valence-electron chi connectivity index (χ0n) is 17.9. The van der Waals surface area contributed by atoms with E-state index in [0.717, 1.165) is 27.6 Å². The number of hydrogen-bond donors (Lipinski definition) is 1. The predicted octanol–water partition coefficient (Wildman–Crippen LogP) is 5.29. The second kappa shape index (κ2) is 10.7. The number of nitrogens with zero attached hydrogens (tertiary/aromatic N) is 4. The molecule has 0 aliphatic heterocycles. The van der Waals surface area contributed by atoms with E-state index in [9.17, 15) is 4.79 Å². The Labute approximate surface area is 204 Å². The van der Waals surface area contributed by atoms with Crippen molar-refractivity contribution in [3.8, 4) is 22.8 Å². The van der Waals surface area contributed by atoms with Crippen molar-refractivity contribution in [2.75, 3.05) is 12.9 Å². The molecule has 0 radical (unpaired) electrons. The van der Waals surface area contributed by atoms with Crippen LogP contribution in [-0.2, 0) is 4.79 Å². The normalized spacial score (nSPS) is 11.4. The molecule has 0 saturated carbocycles. The van der Waals surface area contributed by atoms with Gasteiger partial charge >= 0.3 is 0 Å². The minimum absolute atomic E-state index is 0.134. The Morgan fingerprint density at radius 1 is 1.15 bits per heavy atom. The molecule has 4 rings (SSSR count). The summed E-state index contributed by atoms with van der Waals surface area (Å²) in [5, 5.41) is 16.1. The summed E-state index contributed by atoms with van der Waals surface area (Å²) in [5.74, 6) is 1.30. The molecule has 7 nitrogen and oxygen atoms in total. The summed E-state index contributed by atoms with van der Waals surface area (Å²) in [4.78, 5) is 13.4. The molecule has 0 spiro atoms. The topological polar surface area (TPSA) is 81.4 Å². The molecular weight excluding hydrogens is 478 g/mol. The van der Waals surface area contributed by atoms with Crippen LogP contribution in [0.5, 0.6) is 5.75 Å². The van der Waals surface area contributed by atoms with E-state index in [1.807, 2.05) is 65.4 Å². The molecule has 0 fully saturated rings. The molecule has 0 unspecified atom stereocenters. The molecule has 1 N–H and O–H groups in total. The van der Waals surface area contributed by atoms with Gasteiger partial charge in [0.2, 0.25) is 0 Å². The number of carbonyl (C=O) groups is 1.